The maximum Gasteiger partial charge on any atom is 0.412 e. The molecule has 2 aliphatic rings. The smallest absolute Gasteiger partial charge is 0.412 e. The van der Waals surface area contributed by atoms with E-state index in [9.17, 15) is 9.59 Å². The van der Waals surface area contributed by atoms with E-state index in [1.54, 1.807) is 4.90 Å². The number of unbranched alkanes of at least 4 members (excludes halogenated alkanes) is 1. The van der Waals surface area contributed by atoms with Gasteiger partial charge < -0.3 is 9.47 Å². The molecule has 1 fully saturated rings. The van der Waals surface area contributed by atoms with Gasteiger partial charge in [0.05, 0.1) is 23.0 Å². The molecule has 0 aliphatic carbocycles. The van der Waals surface area contributed by atoms with Gasteiger partial charge in [0.15, 0.2) is 6.23 Å². The Hall–Kier alpha value is -1.31. The number of alkyl halides is 1. The molecule has 5 nitrogen and oxygen atoms in total. The zero-order valence-electron chi connectivity index (χ0n) is 13.2. The van der Waals surface area contributed by atoms with Crippen LogP contribution < -0.4 is 0 Å². The lowest BCUT2D eigenvalue weighted by atomic mass is 9.80. The summed E-state index contributed by atoms with van der Waals surface area (Å²) in [5.74, 6) is -0.542. The summed E-state index contributed by atoms with van der Waals surface area (Å²) in [6.45, 7) is 2.09. The molecule has 1 aromatic carbocycles. The summed E-state index contributed by atoms with van der Waals surface area (Å²) in [5.41, 5.74) is 2.17. The van der Waals surface area contributed by atoms with Crippen LogP contribution in [0.25, 0.3) is 0 Å². The average Bonchev–Trinajstić information content (AvgIpc) is 2.57. The Morgan fingerprint density at radius 2 is 2.04 bits per heavy atom. The van der Waals surface area contributed by atoms with Gasteiger partial charge in [0.2, 0.25) is 0 Å². The maximum atomic E-state index is 12.5. The molecular weight excluding hydrogens is 409 g/mol. The highest BCUT2D eigenvalue weighted by Crippen LogP contribution is 2.51. The molecule has 2 aliphatic heterocycles. The predicted octanol–water partition coefficient (Wildman–Crippen LogP) is 3.98. The van der Waals surface area contributed by atoms with Crippen molar-refractivity contribution in [1.29, 1.82) is 0 Å². The predicted molar refractivity (Wildman–Crippen MR) is 93.1 cm³/mol. The molecule has 0 spiro atoms. The second kappa shape index (κ2) is 6.67. The van der Waals surface area contributed by atoms with E-state index in [0.29, 0.717) is 6.42 Å². The lowest BCUT2D eigenvalue weighted by molar-refractivity contribution is -0.185. The molecule has 124 valence electrons. The molecule has 3 rings (SSSR count). The molecule has 6 heteroatoms. The van der Waals surface area contributed by atoms with Crippen LogP contribution in [-0.2, 0) is 14.3 Å². The average molecular weight is 429 g/mol. The number of methoxy groups -OCH3 is 1. The van der Waals surface area contributed by atoms with Crippen molar-refractivity contribution in [3.05, 3.63) is 35.4 Å². The Balaban J connectivity index is 2.10. The van der Waals surface area contributed by atoms with E-state index >= 15 is 0 Å². The van der Waals surface area contributed by atoms with Crippen molar-refractivity contribution in [2.45, 2.75) is 42.4 Å². The van der Waals surface area contributed by atoms with Crippen molar-refractivity contribution in [2.24, 2.45) is 5.92 Å². The minimum atomic E-state index is -0.603. The highest BCUT2D eigenvalue weighted by Gasteiger charge is 2.53. The third kappa shape index (κ3) is 2.70. The molecule has 0 saturated carbocycles. The summed E-state index contributed by atoms with van der Waals surface area (Å²) in [4.78, 5) is 26.5. The van der Waals surface area contributed by atoms with Crippen molar-refractivity contribution in [3.8, 4) is 0 Å². The van der Waals surface area contributed by atoms with E-state index < -0.39 is 12.3 Å². The summed E-state index contributed by atoms with van der Waals surface area (Å²) in [5, 5.41) is 0. The molecule has 2 bridgehead atoms. The minimum Gasteiger partial charge on any atom is -0.453 e. The van der Waals surface area contributed by atoms with Gasteiger partial charge in [-0.3, -0.25) is 9.69 Å². The Morgan fingerprint density at radius 1 is 1.35 bits per heavy atom. The molecule has 0 unspecified atom stereocenters. The van der Waals surface area contributed by atoms with Crippen LogP contribution in [0.3, 0.4) is 0 Å². The molecule has 1 aromatic rings. The molecule has 23 heavy (non-hydrogen) atoms. The first kappa shape index (κ1) is 16.5. The topological polar surface area (TPSA) is 55.8 Å². The number of rotatable bonds is 3. The van der Waals surface area contributed by atoms with Gasteiger partial charge in [0.25, 0.3) is 0 Å². The van der Waals surface area contributed by atoms with Gasteiger partial charge in [-0.1, -0.05) is 66.6 Å². The van der Waals surface area contributed by atoms with Gasteiger partial charge in [-0.15, -0.1) is 0 Å². The van der Waals surface area contributed by atoms with E-state index in [2.05, 4.69) is 35.6 Å². The van der Waals surface area contributed by atoms with Gasteiger partial charge >= 0.3 is 12.1 Å². The summed E-state index contributed by atoms with van der Waals surface area (Å²) in [6.07, 6.45) is 1.58. The van der Waals surface area contributed by atoms with Crippen molar-refractivity contribution in [1.82, 2.24) is 4.90 Å². The van der Waals surface area contributed by atoms with Crippen LogP contribution in [0.1, 0.15) is 47.3 Å². The van der Waals surface area contributed by atoms with Crippen molar-refractivity contribution < 1.29 is 19.1 Å². The quantitative estimate of drug-likeness (QED) is 0.415. The molecule has 0 N–H and O–H groups in total. The molecule has 1 saturated heterocycles. The lowest BCUT2D eigenvalue weighted by Gasteiger charge is -2.50. The van der Waals surface area contributed by atoms with Crippen molar-refractivity contribution in [3.63, 3.8) is 0 Å². The summed E-state index contributed by atoms with van der Waals surface area (Å²) in [7, 11) is 1.36. The highest BCUT2D eigenvalue weighted by atomic mass is 127. The zero-order chi connectivity index (χ0) is 16.6. The number of amides is 1. The molecular formula is C17H20INO4. The van der Waals surface area contributed by atoms with Crippen LogP contribution in [-0.4, -0.2) is 30.3 Å². The van der Waals surface area contributed by atoms with E-state index in [1.165, 1.54) is 7.11 Å². The number of esters is 1. The largest absolute Gasteiger partial charge is 0.453 e. The summed E-state index contributed by atoms with van der Waals surface area (Å²) in [6, 6.07) is 7.69. The minimum absolute atomic E-state index is 0.102. The van der Waals surface area contributed by atoms with E-state index in [0.717, 1.165) is 24.0 Å². The Morgan fingerprint density at radius 3 is 2.70 bits per heavy atom. The Bertz CT molecular complexity index is 620. The Kier molecular flexibility index (Phi) is 4.79. The number of carbonyl (C=O) groups excluding carboxylic acids is 2. The number of benzene rings is 1. The van der Waals surface area contributed by atoms with Gasteiger partial charge in [0, 0.05) is 0 Å². The number of hydrogen-bond acceptors (Lipinski definition) is 4. The van der Waals surface area contributed by atoms with E-state index in [-0.39, 0.29) is 21.9 Å². The first-order valence-corrected chi connectivity index (χ1v) is 9.14. The van der Waals surface area contributed by atoms with Crippen LogP contribution in [0.5, 0.6) is 0 Å². The standard InChI is InChI=1S/C17H20INO4/c1-3-4-7-12-14-11-9-6-5-8-10(11)13(18)15(23-16(12)20)19(14)17(21)22-2/h5-6,8-9,12-15H,3-4,7H2,1-2H3/t12-,13+,14-,15-/m1/s1. The van der Waals surface area contributed by atoms with E-state index in [4.69, 9.17) is 9.47 Å². The van der Waals surface area contributed by atoms with Gasteiger partial charge in [0.1, 0.15) is 0 Å². The molecule has 2 heterocycles. The first-order chi connectivity index (χ1) is 11.1. The molecule has 0 radical (unpaired) electrons. The second-order valence-corrected chi connectivity index (χ2v) is 7.27. The maximum absolute atomic E-state index is 12.5. The van der Waals surface area contributed by atoms with Crippen LogP contribution in [0.15, 0.2) is 24.3 Å². The highest BCUT2D eigenvalue weighted by molar-refractivity contribution is 14.1. The first-order valence-electron chi connectivity index (χ1n) is 7.89. The fourth-order valence-electron chi connectivity index (χ4n) is 3.52. The number of hydrogen-bond donors (Lipinski definition) is 0. The van der Waals surface area contributed by atoms with Crippen LogP contribution in [0.4, 0.5) is 4.79 Å². The fraction of sp³-hybridized carbons (Fsp3) is 0.529. The molecule has 0 aromatic heterocycles. The molecule has 4 atom stereocenters. The second-order valence-electron chi connectivity index (χ2n) is 5.93. The number of nitrogens with zero attached hydrogens (tertiary/aromatic N) is 1. The third-order valence-electron chi connectivity index (χ3n) is 4.61. The number of carbonyl (C=O) groups is 2. The van der Waals surface area contributed by atoms with Crippen molar-refractivity contribution in [2.75, 3.05) is 7.11 Å². The zero-order valence-corrected chi connectivity index (χ0v) is 15.4. The van der Waals surface area contributed by atoms with Crippen LogP contribution >= 0.6 is 22.6 Å². The number of halogens is 1. The van der Waals surface area contributed by atoms with E-state index in [1.807, 2.05) is 18.2 Å². The third-order valence-corrected chi connectivity index (χ3v) is 5.90. The number of ether oxygens (including phenoxy) is 2. The molecule has 1 amide bonds. The van der Waals surface area contributed by atoms with Crippen LogP contribution in [0.2, 0.25) is 0 Å². The lowest BCUT2D eigenvalue weighted by Crippen LogP contribution is -2.57. The summed E-state index contributed by atoms with van der Waals surface area (Å²) < 4.78 is 10.5. The van der Waals surface area contributed by atoms with Gasteiger partial charge in [-0.2, -0.15) is 0 Å². The Labute approximate surface area is 149 Å². The van der Waals surface area contributed by atoms with Crippen LogP contribution in [0, 0.1) is 5.92 Å². The summed E-state index contributed by atoms with van der Waals surface area (Å²) >= 11 is 2.24. The SMILES string of the molecule is CCCC[C@H]1C(=O)O[C@@H]2[C@@H](I)c3ccccc3[C@H]1N2C(=O)OC. The normalized spacial score (nSPS) is 28.8. The fourth-order valence-corrected chi connectivity index (χ4v) is 4.58. The van der Waals surface area contributed by atoms with Crippen molar-refractivity contribution >= 4 is 34.7 Å². The monoisotopic (exact) mass is 429 g/mol. The van der Waals surface area contributed by atoms with Gasteiger partial charge in [-0.25, -0.2) is 4.79 Å². The number of fused-ring (bicyclic) bond motifs is 4. The van der Waals surface area contributed by atoms with Gasteiger partial charge in [-0.05, 0) is 17.5 Å².